The van der Waals surface area contributed by atoms with Gasteiger partial charge in [-0.25, -0.2) is 0 Å². The van der Waals surface area contributed by atoms with Gasteiger partial charge in [-0.1, -0.05) is 13.8 Å². The smallest absolute Gasteiger partial charge is 0.0252 e. The van der Waals surface area contributed by atoms with Crippen molar-refractivity contribution < 1.29 is 0 Å². The van der Waals surface area contributed by atoms with Crippen molar-refractivity contribution in [2.24, 2.45) is 5.41 Å². The summed E-state index contributed by atoms with van der Waals surface area (Å²) < 4.78 is 0. The lowest BCUT2D eigenvalue weighted by atomic mass is 9.94. The van der Waals surface area contributed by atoms with Crippen LogP contribution < -0.4 is 5.32 Å². The second-order valence-corrected chi connectivity index (χ2v) is 6.59. The van der Waals surface area contributed by atoms with E-state index < -0.39 is 0 Å². The van der Waals surface area contributed by atoms with E-state index in [1.54, 1.807) is 0 Å². The zero-order valence-electron chi connectivity index (χ0n) is 11.5. The standard InChI is InChI=1S/C14H28N2/c1-5-12-9-15-13(3,4)10-16(12)11-14(6-2)7-8-14/h12,15H,5-11H2,1-4H3. The monoisotopic (exact) mass is 224 g/mol. The molecule has 2 fully saturated rings. The van der Waals surface area contributed by atoms with E-state index in [1.807, 2.05) is 0 Å². The van der Waals surface area contributed by atoms with Gasteiger partial charge in [0.1, 0.15) is 0 Å². The third kappa shape index (κ3) is 2.60. The first-order chi connectivity index (χ1) is 7.50. The predicted molar refractivity (Wildman–Crippen MR) is 69.7 cm³/mol. The predicted octanol–water partition coefficient (Wildman–Crippen LogP) is 2.64. The molecule has 1 aliphatic heterocycles. The molecule has 2 heteroatoms. The maximum Gasteiger partial charge on any atom is 0.0252 e. The molecule has 1 saturated heterocycles. The van der Waals surface area contributed by atoms with Gasteiger partial charge in [-0.05, 0) is 44.9 Å². The molecule has 0 bridgehead atoms. The van der Waals surface area contributed by atoms with Crippen molar-refractivity contribution >= 4 is 0 Å². The van der Waals surface area contributed by atoms with Crippen LogP contribution in [-0.4, -0.2) is 36.1 Å². The second-order valence-electron chi connectivity index (χ2n) is 6.59. The second kappa shape index (κ2) is 4.30. The maximum atomic E-state index is 3.67. The van der Waals surface area contributed by atoms with E-state index in [2.05, 4.69) is 37.9 Å². The van der Waals surface area contributed by atoms with Crippen molar-refractivity contribution in [3.05, 3.63) is 0 Å². The van der Waals surface area contributed by atoms with Crippen molar-refractivity contribution in [1.29, 1.82) is 0 Å². The van der Waals surface area contributed by atoms with Crippen LogP contribution in [0.2, 0.25) is 0 Å². The van der Waals surface area contributed by atoms with Gasteiger partial charge in [0.05, 0.1) is 0 Å². The molecule has 0 amide bonds. The number of hydrogen-bond donors (Lipinski definition) is 1. The molecule has 2 rings (SSSR count). The summed E-state index contributed by atoms with van der Waals surface area (Å²) in [5.74, 6) is 0. The molecule has 94 valence electrons. The molecule has 0 aromatic heterocycles. The van der Waals surface area contributed by atoms with Gasteiger partial charge >= 0.3 is 0 Å². The Labute approximate surface area is 101 Å². The Morgan fingerprint density at radius 3 is 2.44 bits per heavy atom. The van der Waals surface area contributed by atoms with Crippen LogP contribution in [0.5, 0.6) is 0 Å². The summed E-state index contributed by atoms with van der Waals surface area (Å²) in [6, 6.07) is 0.761. The van der Waals surface area contributed by atoms with Gasteiger partial charge in [0, 0.05) is 31.2 Å². The highest BCUT2D eigenvalue weighted by Gasteiger charge is 2.44. The van der Waals surface area contributed by atoms with E-state index in [1.165, 1.54) is 45.3 Å². The largest absolute Gasteiger partial charge is 0.309 e. The number of rotatable bonds is 4. The Balaban J connectivity index is 1.98. The highest BCUT2D eigenvalue weighted by molar-refractivity contribution is 4.99. The zero-order valence-corrected chi connectivity index (χ0v) is 11.5. The van der Waals surface area contributed by atoms with Crippen molar-refractivity contribution in [1.82, 2.24) is 10.2 Å². The molecule has 1 heterocycles. The molecule has 0 aromatic carbocycles. The summed E-state index contributed by atoms with van der Waals surface area (Å²) in [5, 5.41) is 3.67. The Morgan fingerprint density at radius 2 is 1.94 bits per heavy atom. The number of nitrogens with one attached hydrogen (secondary N) is 1. The van der Waals surface area contributed by atoms with E-state index in [0.29, 0.717) is 11.0 Å². The molecular formula is C14H28N2. The molecule has 1 saturated carbocycles. The van der Waals surface area contributed by atoms with Crippen LogP contribution in [0.1, 0.15) is 53.4 Å². The van der Waals surface area contributed by atoms with Gasteiger partial charge in [0.25, 0.3) is 0 Å². The molecule has 1 aliphatic carbocycles. The van der Waals surface area contributed by atoms with Crippen LogP contribution in [0, 0.1) is 5.41 Å². The minimum atomic E-state index is 0.301. The number of nitrogens with zero attached hydrogens (tertiary/aromatic N) is 1. The van der Waals surface area contributed by atoms with Crippen LogP contribution in [0.4, 0.5) is 0 Å². The lowest BCUT2D eigenvalue weighted by molar-refractivity contribution is 0.0712. The Bertz CT molecular complexity index is 243. The van der Waals surface area contributed by atoms with E-state index in [-0.39, 0.29) is 0 Å². The topological polar surface area (TPSA) is 15.3 Å². The fourth-order valence-electron chi connectivity index (χ4n) is 3.03. The first kappa shape index (κ1) is 12.4. The Hall–Kier alpha value is -0.0800. The van der Waals surface area contributed by atoms with Crippen molar-refractivity contribution in [3.8, 4) is 0 Å². The lowest BCUT2D eigenvalue weighted by Gasteiger charge is -2.45. The van der Waals surface area contributed by atoms with Crippen LogP contribution in [0.25, 0.3) is 0 Å². The summed E-state index contributed by atoms with van der Waals surface area (Å²) in [7, 11) is 0. The first-order valence-electron chi connectivity index (χ1n) is 6.99. The van der Waals surface area contributed by atoms with Gasteiger partial charge in [0.15, 0.2) is 0 Å². The summed E-state index contributed by atoms with van der Waals surface area (Å²) in [6.45, 7) is 13.1. The van der Waals surface area contributed by atoms with E-state index >= 15 is 0 Å². The zero-order chi connectivity index (χ0) is 11.8. The molecule has 0 radical (unpaired) electrons. The van der Waals surface area contributed by atoms with Gasteiger partial charge < -0.3 is 5.32 Å². The van der Waals surface area contributed by atoms with Crippen LogP contribution in [0.15, 0.2) is 0 Å². The normalized spacial score (nSPS) is 32.6. The molecule has 1 unspecified atom stereocenters. The summed E-state index contributed by atoms with van der Waals surface area (Å²) >= 11 is 0. The summed E-state index contributed by atoms with van der Waals surface area (Å²) in [6.07, 6.45) is 5.57. The van der Waals surface area contributed by atoms with Crippen LogP contribution in [-0.2, 0) is 0 Å². The molecule has 0 aromatic rings. The van der Waals surface area contributed by atoms with Gasteiger partial charge in [-0.2, -0.15) is 0 Å². The third-order valence-electron chi connectivity index (χ3n) is 4.65. The average Bonchev–Trinajstić information content (AvgIpc) is 2.98. The van der Waals surface area contributed by atoms with Crippen molar-refractivity contribution in [3.63, 3.8) is 0 Å². The number of piperazine rings is 1. The highest BCUT2D eigenvalue weighted by atomic mass is 15.3. The minimum Gasteiger partial charge on any atom is -0.309 e. The fourth-order valence-corrected chi connectivity index (χ4v) is 3.03. The minimum absolute atomic E-state index is 0.301. The molecule has 2 aliphatic rings. The third-order valence-corrected chi connectivity index (χ3v) is 4.65. The Morgan fingerprint density at radius 1 is 1.25 bits per heavy atom. The molecule has 0 spiro atoms. The van der Waals surface area contributed by atoms with Crippen molar-refractivity contribution in [2.45, 2.75) is 65.0 Å². The molecule has 1 atom stereocenters. The summed E-state index contributed by atoms with van der Waals surface area (Å²) in [5.41, 5.74) is 0.996. The first-order valence-corrected chi connectivity index (χ1v) is 6.99. The molecular weight excluding hydrogens is 196 g/mol. The quantitative estimate of drug-likeness (QED) is 0.790. The lowest BCUT2D eigenvalue weighted by Crippen LogP contribution is -2.62. The van der Waals surface area contributed by atoms with Crippen molar-refractivity contribution in [2.75, 3.05) is 19.6 Å². The van der Waals surface area contributed by atoms with Crippen LogP contribution in [0.3, 0.4) is 0 Å². The Kier molecular flexibility index (Phi) is 3.33. The fraction of sp³-hybridized carbons (Fsp3) is 1.00. The highest BCUT2D eigenvalue weighted by Crippen LogP contribution is 2.49. The SMILES string of the molecule is CCC1CNC(C)(C)CN1CC1(CC)CC1. The molecule has 2 nitrogen and oxygen atoms in total. The average molecular weight is 224 g/mol. The number of hydrogen-bond acceptors (Lipinski definition) is 2. The van der Waals surface area contributed by atoms with Gasteiger partial charge in [-0.15, -0.1) is 0 Å². The van der Waals surface area contributed by atoms with E-state index in [0.717, 1.165) is 6.04 Å². The van der Waals surface area contributed by atoms with Crippen LogP contribution >= 0.6 is 0 Å². The summed E-state index contributed by atoms with van der Waals surface area (Å²) in [4.78, 5) is 2.76. The van der Waals surface area contributed by atoms with E-state index in [4.69, 9.17) is 0 Å². The van der Waals surface area contributed by atoms with E-state index in [9.17, 15) is 0 Å². The maximum absolute atomic E-state index is 3.67. The van der Waals surface area contributed by atoms with Gasteiger partial charge in [-0.3, -0.25) is 4.90 Å². The van der Waals surface area contributed by atoms with Gasteiger partial charge in [0.2, 0.25) is 0 Å². The molecule has 16 heavy (non-hydrogen) atoms. The molecule has 1 N–H and O–H groups in total.